The molecular weight excluding hydrogens is 268 g/mol. The quantitative estimate of drug-likeness (QED) is 0.778. The summed E-state index contributed by atoms with van der Waals surface area (Å²) in [6, 6.07) is 14.3. The number of nitrogens with one attached hydrogen (secondary N) is 1. The van der Waals surface area contributed by atoms with Crippen molar-refractivity contribution < 1.29 is 4.74 Å². The van der Waals surface area contributed by atoms with Crippen molar-refractivity contribution in [1.29, 1.82) is 0 Å². The Morgan fingerprint density at radius 1 is 1.20 bits per heavy atom. The monoisotopic (exact) mass is 284 g/mol. The van der Waals surface area contributed by atoms with Crippen molar-refractivity contribution in [2.24, 2.45) is 0 Å². The molecule has 0 aliphatic carbocycles. The Hall–Kier alpha value is -2.07. The predicted molar refractivity (Wildman–Crippen MR) is 84.7 cm³/mol. The average Bonchev–Trinajstić information content (AvgIpc) is 2.84. The van der Waals surface area contributed by atoms with Gasteiger partial charge in [0.05, 0.1) is 22.3 Å². The molecule has 1 aromatic heterocycles. The molecule has 3 nitrogen and oxygen atoms in total. The second-order valence-corrected chi connectivity index (χ2v) is 5.82. The van der Waals surface area contributed by atoms with E-state index < -0.39 is 0 Å². The van der Waals surface area contributed by atoms with E-state index in [1.165, 1.54) is 4.70 Å². The van der Waals surface area contributed by atoms with E-state index in [1.807, 2.05) is 25.1 Å². The first-order chi connectivity index (χ1) is 9.76. The van der Waals surface area contributed by atoms with Crippen molar-refractivity contribution in [2.75, 3.05) is 12.4 Å². The first-order valence-corrected chi connectivity index (χ1v) is 7.31. The van der Waals surface area contributed by atoms with Crippen LogP contribution in [0.3, 0.4) is 0 Å². The molecule has 0 fully saturated rings. The number of benzene rings is 2. The zero-order chi connectivity index (χ0) is 13.9. The molecule has 0 bridgehead atoms. The summed E-state index contributed by atoms with van der Waals surface area (Å²) < 4.78 is 6.57. The van der Waals surface area contributed by atoms with Gasteiger partial charge in [0, 0.05) is 17.8 Å². The van der Waals surface area contributed by atoms with Gasteiger partial charge in [-0.25, -0.2) is 4.98 Å². The van der Waals surface area contributed by atoms with Crippen LogP contribution in [0.25, 0.3) is 10.2 Å². The third-order valence-corrected chi connectivity index (χ3v) is 4.10. The van der Waals surface area contributed by atoms with Crippen molar-refractivity contribution in [1.82, 2.24) is 4.98 Å². The number of anilines is 1. The molecule has 1 N–H and O–H groups in total. The molecule has 2 aromatic carbocycles. The second-order valence-electron chi connectivity index (χ2n) is 4.58. The molecule has 0 unspecified atom stereocenters. The van der Waals surface area contributed by atoms with Gasteiger partial charge in [-0.05, 0) is 31.2 Å². The van der Waals surface area contributed by atoms with Crippen LogP contribution in [0, 0.1) is 6.92 Å². The molecular formula is C16H16N2OS. The number of rotatable bonds is 4. The maximum Gasteiger partial charge on any atom is 0.123 e. The fourth-order valence-corrected chi connectivity index (χ4v) is 3.06. The van der Waals surface area contributed by atoms with E-state index in [0.29, 0.717) is 0 Å². The number of nitrogens with zero attached hydrogens (tertiary/aromatic N) is 1. The van der Waals surface area contributed by atoms with Crippen molar-refractivity contribution in [3.63, 3.8) is 0 Å². The lowest BCUT2D eigenvalue weighted by molar-refractivity contribution is 0.410. The van der Waals surface area contributed by atoms with E-state index in [4.69, 9.17) is 4.74 Å². The lowest BCUT2D eigenvalue weighted by Crippen LogP contribution is -2.01. The first kappa shape index (κ1) is 12.9. The number of hydrogen-bond donors (Lipinski definition) is 1. The molecule has 0 atom stereocenters. The molecule has 0 saturated carbocycles. The Labute approximate surface area is 122 Å². The van der Waals surface area contributed by atoms with Gasteiger partial charge in [0.15, 0.2) is 0 Å². The molecule has 3 rings (SSSR count). The van der Waals surface area contributed by atoms with Gasteiger partial charge in [-0.15, -0.1) is 11.3 Å². The fraction of sp³-hybridized carbons (Fsp3) is 0.188. The van der Waals surface area contributed by atoms with Crippen molar-refractivity contribution in [3.05, 3.63) is 53.0 Å². The third kappa shape index (κ3) is 2.60. The SMILES string of the molecule is COc1ccccc1CNc1ccc2nc(C)sc2c1. The van der Waals surface area contributed by atoms with Crippen LogP contribution in [0.5, 0.6) is 5.75 Å². The molecule has 0 aliphatic heterocycles. The van der Waals surface area contributed by atoms with E-state index in [1.54, 1.807) is 18.4 Å². The summed E-state index contributed by atoms with van der Waals surface area (Å²) in [6.45, 7) is 2.78. The van der Waals surface area contributed by atoms with E-state index in [0.717, 1.165) is 34.1 Å². The summed E-state index contributed by atoms with van der Waals surface area (Å²) in [5.74, 6) is 0.912. The number of para-hydroxylation sites is 1. The summed E-state index contributed by atoms with van der Waals surface area (Å²) >= 11 is 1.72. The summed E-state index contributed by atoms with van der Waals surface area (Å²) in [7, 11) is 1.70. The molecule has 4 heteroatoms. The van der Waals surface area contributed by atoms with E-state index in [-0.39, 0.29) is 0 Å². The van der Waals surface area contributed by atoms with E-state index in [2.05, 4.69) is 34.6 Å². The number of thiazole rings is 1. The van der Waals surface area contributed by atoms with Crippen LogP contribution in [0.4, 0.5) is 5.69 Å². The largest absolute Gasteiger partial charge is 0.496 e. The lowest BCUT2D eigenvalue weighted by atomic mass is 10.2. The summed E-state index contributed by atoms with van der Waals surface area (Å²) in [5, 5.41) is 4.53. The molecule has 3 aromatic rings. The Morgan fingerprint density at radius 2 is 2.05 bits per heavy atom. The van der Waals surface area contributed by atoms with Crippen molar-refractivity contribution in [2.45, 2.75) is 13.5 Å². The summed E-state index contributed by atoms with van der Waals surface area (Å²) in [6.07, 6.45) is 0. The number of aryl methyl sites for hydroxylation is 1. The lowest BCUT2D eigenvalue weighted by Gasteiger charge is -2.10. The van der Waals surface area contributed by atoms with Gasteiger partial charge in [-0.2, -0.15) is 0 Å². The first-order valence-electron chi connectivity index (χ1n) is 6.49. The highest BCUT2D eigenvalue weighted by Gasteiger charge is 2.04. The molecule has 102 valence electrons. The molecule has 0 spiro atoms. The van der Waals surface area contributed by atoms with Crippen LogP contribution in [0.15, 0.2) is 42.5 Å². The Bertz CT molecular complexity index is 736. The van der Waals surface area contributed by atoms with Gasteiger partial charge < -0.3 is 10.1 Å². The molecule has 1 heterocycles. The second kappa shape index (κ2) is 5.51. The van der Waals surface area contributed by atoms with Crippen LogP contribution < -0.4 is 10.1 Å². The third-order valence-electron chi connectivity index (χ3n) is 3.17. The summed E-state index contributed by atoms with van der Waals surface area (Å²) in [4.78, 5) is 4.47. The van der Waals surface area contributed by atoms with E-state index >= 15 is 0 Å². The van der Waals surface area contributed by atoms with Gasteiger partial charge in [-0.1, -0.05) is 18.2 Å². The van der Waals surface area contributed by atoms with Crippen LogP contribution in [0.1, 0.15) is 10.6 Å². The van der Waals surface area contributed by atoms with Gasteiger partial charge in [-0.3, -0.25) is 0 Å². The van der Waals surface area contributed by atoms with Gasteiger partial charge in [0.1, 0.15) is 5.75 Å². The predicted octanol–water partition coefficient (Wildman–Crippen LogP) is 4.23. The minimum Gasteiger partial charge on any atom is -0.496 e. The molecule has 0 saturated heterocycles. The topological polar surface area (TPSA) is 34.1 Å². The molecule has 0 aliphatic rings. The smallest absolute Gasteiger partial charge is 0.123 e. The normalized spacial score (nSPS) is 10.7. The van der Waals surface area contributed by atoms with Gasteiger partial charge in [0.25, 0.3) is 0 Å². The highest BCUT2D eigenvalue weighted by Crippen LogP contribution is 2.25. The highest BCUT2D eigenvalue weighted by molar-refractivity contribution is 7.18. The highest BCUT2D eigenvalue weighted by atomic mass is 32.1. The standard InChI is InChI=1S/C16H16N2OS/c1-11-18-14-8-7-13(9-16(14)20-11)17-10-12-5-3-4-6-15(12)19-2/h3-9,17H,10H2,1-2H3. The van der Waals surface area contributed by atoms with Crippen LogP contribution in [-0.4, -0.2) is 12.1 Å². The zero-order valence-corrected chi connectivity index (χ0v) is 12.3. The molecule has 0 radical (unpaired) electrons. The number of ether oxygens (including phenoxy) is 1. The summed E-state index contributed by atoms with van der Waals surface area (Å²) in [5.41, 5.74) is 3.32. The minimum absolute atomic E-state index is 0.743. The average molecular weight is 284 g/mol. The fourth-order valence-electron chi connectivity index (χ4n) is 2.20. The van der Waals surface area contributed by atoms with Crippen LogP contribution in [0.2, 0.25) is 0 Å². The van der Waals surface area contributed by atoms with Crippen LogP contribution in [-0.2, 0) is 6.54 Å². The van der Waals surface area contributed by atoms with Crippen molar-refractivity contribution in [3.8, 4) is 5.75 Å². The molecule has 0 amide bonds. The van der Waals surface area contributed by atoms with Crippen molar-refractivity contribution >= 4 is 27.2 Å². The zero-order valence-electron chi connectivity index (χ0n) is 11.5. The van der Waals surface area contributed by atoms with Gasteiger partial charge >= 0.3 is 0 Å². The number of hydrogen-bond acceptors (Lipinski definition) is 4. The molecule has 20 heavy (non-hydrogen) atoms. The Kier molecular flexibility index (Phi) is 3.56. The van der Waals surface area contributed by atoms with E-state index in [9.17, 15) is 0 Å². The number of aromatic nitrogens is 1. The maximum atomic E-state index is 5.36. The number of fused-ring (bicyclic) bond motifs is 1. The number of methoxy groups -OCH3 is 1. The van der Waals surface area contributed by atoms with Gasteiger partial charge in [0.2, 0.25) is 0 Å². The minimum atomic E-state index is 0.743. The maximum absolute atomic E-state index is 5.36. The Balaban J connectivity index is 1.79. The van der Waals surface area contributed by atoms with Crippen LogP contribution >= 0.6 is 11.3 Å². The Morgan fingerprint density at radius 3 is 2.90 bits per heavy atom.